The molecular weight excluding hydrogens is 272 g/mol. The van der Waals surface area contributed by atoms with E-state index in [9.17, 15) is 0 Å². The van der Waals surface area contributed by atoms with Crippen LogP contribution in [-0.4, -0.2) is 13.2 Å². The van der Waals surface area contributed by atoms with Crippen molar-refractivity contribution in [2.24, 2.45) is 0 Å². The van der Waals surface area contributed by atoms with Crippen molar-refractivity contribution in [2.75, 3.05) is 13.2 Å². The summed E-state index contributed by atoms with van der Waals surface area (Å²) < 4.78 is 11.9. The summed E-state index contributed by atoms with van der Waals surface area (Å²) in [5.41, 5.74) is 2.48. The molecule has 1 aromatic rings. The second kappa shape index (κ2) is 11.4. The van der Waals surface area contributed by atoms with Crippen molar-refractivity contribution in [1.29, 1.82) is 0 Å². The molecule has 2 heteroatoms. The number of hydrogen-bond acceptors (Lipinski definition) is 2. The van der Waals surface area contributed by atoms with E-state index in [1.54, 1.807) is 0 Å². The molecule has 0 spiro atoms. The SMILES string of the molecule is CCCCCCOc1cc(C)c(C)c(OCCCCCC)c1. The van der Waals surface area contributed by atoms with Crippen LogP contribution in [-0.2, 0) is 0 Å². The summed E-state index contributed by atoms with van der Waals surface area (Å²) in [6.07, 6.45) is 9.89. The second-order valence-corrected chi connectivity index (χ2v) is 6.18. The van der Waals surface area contributed by atoms with Gasteiger partial charge in [-0.15, -0.1) is 0 Å². The highest BCUT2D eigenvalue weighted by atomic mass is 16.5. The highest BCUT2D eigenvalue weighted by Crippen LogP contribution is 2.28. The van der Waals surface area contributed by atoms with Crippen LogP contribution in [0.3, 0.4) is 0 Å². The molecule has 0 aliphatic carbocycles. The molecular formula is C20H34O2. The minimum Gasteiger partial charge on any atom is -0.493 e. The summed E-state index contributed by atoms with van der Waals surface area (Å²) in [6.45, 7) is 10.3. The molecule has 0 heterocycles. The van der Waals surface area contributed by atoms with Gasteiger partial charge >= 0.3 is 0 Å². The van der Waals surface area contributed by atoms with Crippen LogP contribution < -0.4 is 9.47 Å². The van der Waals surface area contributed by atoms with E-state index in [2.05, 4.69) is 39.8 Å². The van der Waals surface area contributed by atoms with E-state index in [1.807, 2.05) is 0 Å². The topological polar surface area (TPSA) is 18.5 Å². The Kier molecular flexibility index (Phi) is 9.77. The zero-order chi connectivity index (χ0) is 16.2. The van der Waals surface area contributed by atoms with Gasteiger partial charge in [-0.05, 0) is 43.9 Å². The summed E-state index contributed by atoms with van der Waals surface area (Å²) in [4.78, 5) is 0. The van der Waals surface area contributed by atoms with Crippen molar-refractivity contribution < 1.29 is 9.47 Å². The van der Waals surface area contributed by atoms with E-state index in [4.69, 9.17) is 9.47 Å². The molecule has 126 valence electrons. The predicted molar refractivity (Wildman–Crippen MR) is 95.2 cm³/mol. The van der Waals surface area contributed by atoms with E-state index in [1.165, 1.54) is 49.7 Å². The fraction of sp³-hybridized carbons (Fsp3) is 0.700. The smallest absolute Gasteiger partial charge is 0.126 e. The van der Waals surface area contributed by atoms with Gasteiger partial charge in [0.25, 0.3) is 0 Å². The Balaban J connectivity index is 2.46. The van der Waals surface area contributed by atoms with Crippen molar-refractivity contribution >= 4 is 0 Å². The maximum absolute atomic E-state index is 5.97. The quantitative estimate of drug-likeness (QED) is 0.427. The van der Waals surface area contributed by atoms with Crippen molar-refractivity contribution in [2.45, 2.75) is 79.1 Å². The second-order valence-electron chi connectivity index (χ2n) is 6.18. The maximum Gasteiger partial charge on any atom is 0.126 e. The zero-order valence-electron chi connectivity index (χ0n) is 15.0. The molecule has 0 N–H and O–H groups in total. The molecule has 0 atom stereocenters. The van der Waals surface area contributed by atoms with Gasteiger partial charge in [0, 0.05) is 6.07 Å². The predicted octanol–water partition coefficient (Wildman–Crippen LogP) is 6.22. The fourth-order valence-corrected chi connectivity index (χ4v) is 2.46. The first-order valence-corrected chi connectivity index (χ1v) is 9.05. The van der Waals surface area contributed by atoms with Gasteiger partial charge in [0.05, 0.1) is 13.2 Å². The standard InChI is InChI=1S/C20H34O2/c1-5-7-9-11-13-21-19-15-17(3)18(4)20(16-19)22-14-12-10-8-6-2/h15-16H,5-14H2,1-4H3. The van der Waals surface area contributed by atoms with Gasteiger partial charge in [0.1, 0.15) is 11.5 Å². The van der Waals surface area contributed by atoms with Crippen LogP contribution in [0.4, 0.5) is 0 Å². The molecule has 0 unspecified atom stereocenters. The fourth-order valence-electron chi connectivity index (χ4n) is 2.46. The minimum atomic E-state index is 0.804. The van der Waals surface area contributed by atoms with Crippen LogP contribution in [0.1, 0.15) is 76.3 Å². The third-order valence-electron chi connectivity index (χ3n) is 4.12. The first-order chi connectivity index (χ1) is 10.7. The lowest BCUT2D eigenvalue weighted by atomic mass is 10.1. The highest BCUT2D eigenvalue weighted by Gasteiger charge is 2.07. The van der Waals surface area contributed by atoms with Gasteiger partial charge < -0.3 is 9.47 Å². The van der Waals surface area contributed by atoms with E-state index < -0.39 is 0 Å². The lowest BCUT2D eigenvalue weighted by molar-refractivity contribution is 0.288. The normalized spacial score (nSPS) is 10.7. The number of benzene rings is 1. The molecule has 0 fully saturated rings. The Morgan fingerprint density at radius 2 is 1.32 bits per heavy atom. The van der Waals surface area contributed by atoms with E-state index in [-0.39, 0.29) is 0 Å². The molecule has 0 radical (unpaired) electrons. The van der Waals surface area contributed by atoms with Gasteiger partial charge in [-0.3, -0.25) is 0 Å². The van der Waals surface area contributed by atoms with E-state index in [0.717, 1.165) is 37.6 Å². The molecule has 0 aliphatic rings. The first kappa shape index (κ1) is 18.9. The van der Waals surface area contributed by atoms with Crippen LogP contribution in [0.15, 0.2) is 12.1 Å². The monoisotopic (exact) mass is 306 g/mol. The van der Waals surface area contributed by atoms with Gasteiger partial charge in [-0.2, -0.15) is 0 Å². The average Bonchev–Trinajstić information content (AvgIpc) is 2.51. The first-order valence-electron chi connectivity index (χ1n) is 9.05. The van der Waals surface area contributed by atoms with Gasteiger partial charge in [0.15, 0.2) is 0 Å². The maximum atomic E-state index is 5.97. The molecule has 0 aliphatic heterocycles. The Bertz CT molecular complexity index is 412. The summed E-state index contributed by atoms with van der Waals surface area (Å²) in [5.74, 6) is 1.93. The van der Waals surface area contributed by atoms with Crippen LogP contribution in [0, 0.1) is 13.8 Å². The molecule has 1 aromatic carbocycles. The lowest BCUT2D eigenvalue weighted by Gasteiger charge is -2.14. The Labute approximate surface area is 137 Å². The zero-order valence-corrected chi connectivity index (χ0v) is 15.0. The summed E-state index contributed by atoms with van der Waals surface area (Å²) in [7, 11) is 0. The van der Waals surface area contributed by atoms with Crippen molar-refractivity contribution in [1.82, 2.24) is 0 Å². The van der Waals surface area contributed by atoms with Crippen LogP contribution in [0.25, 0.3) is 0 Å². The third kappa shape index (κ3) is 7.20. The average molecular weight is 306 g/mol. The molecule has 2 nitrogen and oxygen atoms in total. The molecule has 1 rings (SSSR count). The van der Waals surface area contributed by atoms with E-state index in [0.29, 0.717) is 0 Å². The molecule has 22 heavy (non-hydrogen) atoms. The molecule has 0 aromatic heterocycles. The van der Waals surface area contributed by atoms with Crippen LogP contribution in [0.2, 0.25) is 0 Å². The Morgan fingerprint density at radius 1 is 0.727 bits per heavy atom. The van der Waals surface area contributed by atoms with Crippen molar-refractivity contribution in [3.05, 3.63) is 23.3 Å². The minimum absolute atomic E-state index is 0.804. The van der Waals surface area contributed by atoms with Crippen LogP contribution >= 0.6 is 0 Å². The summed E-state index contributed by atoms with van der Waals surface area (Å²) >= 11 is 0. The number of rotatable bonds is 12. The summed E-state index contributed by atoms with van der Waals surface area (Å²) in [6, 6.07) is 4.18. The van der Waals surface area contributed by atoms with Gasteiger partial charge in [-0.1, -0.05) is 52.4 Å². The third-order valence-corrected chi connectivity index (χ3v) is 4.12. The number of aryl methyl sites for hydroxylation is 1. The van der Waals surface area contributed by atoms with Crippen molar-refractivity contribution in [3.63, 3.8) is 0 Å². The molecule has 0 saturated carbocycles. The van der Waals surface area contributed by atoms with Crippen molar-refractivity contribution in [3.8, 4) is 11.5 Å². The number of unbranched alkanes of at least 4 members (excludes halogenated alkanes) is 6. The number of hydrogen-bond donors (Lipinski definition) is 0. The largest absolute Gasteiger partial charge is 0.493 e. The number of ether oxygens (including phenoxy) is 2. The lowest BCUT2D eigenvalue weighted by Crippen LogP contribution is -2.02. The molecule has 0 saturated heterocycles. The Morgan fingerprint density at radius 3 is 1.91 bits per heavy atom. The van der Waals surface area contributed by atoms with Gasteiger partial charge in [0.2, 0.25) is 0 Å². The molecule has 0 amide bonds. The van der Waals surface area contributed by atoms with Gasteiger partial charge in [-0.25, -0.2) is 0 Å². The van der Waals surface area contributed by atoms with E-state index >= 15 is 0 Å². The van der Waals surface area contributed by atoms with Crippen LogP contribution in [0.5, 0.6) is 11.5 Å². The summed E-state index contributed by atoms with van der Waals surface area (Å²) in [5, 5.41) is 0. The molecule has 0 bridgehead atoms. The Hall–Kier alpha value is -1.18. The highest BCUT2D eigenvalue weighted by molar-refractivity contribution is 5.45.